The lowest BCUT2D eigenvalue weighted by molar-refractivity contribution is 0.414. The zero-order valence-electron chi connectivity index (χ0n) is 15.6. The molecule has 0 saturated heterocycles. The van der Waals surface area contributed by atoms with E-state index in [0.29, 0.717) is 19.4 Å². The Morgan fingerprint density at radius 3 is 2.67 bits per heavy atom. The van der Waals surface area contributed by atoms with E-state index in [2.05, 4.69) is 14.8 Å². The highest BCUT2D eigenvalue weighted by Crippen LogP contribution is 2.12. The van der Waals surface area contributed by atoms with E-state index in [1.807, 2.05) is 49.6 Å². The van der Waals surface area contributed by atoms with Crippen LogP contribution < -0.4 is 9.46 Å². The molecule has 0 fully saturated rings. The number of hydrogen-bond acceptors (Lipinski definition) is 5. The predicted octanol–water partition coefficient (Wildman–Crippen LogP) is 2.14. The van der Waals surface area contributed by atoms with Gasteiger partial charge in [0.15, 0.2) is 5.65 Å². The maximum Gasteiger partial charge on any atom is 0.211 e. The molecule has 7 nitrogen and oxygen atoms in total. The van der Waals surface area contributed by atoms with Crippen LogP contribution >= 0.6 is 0 Å². The fourth-order valence-corrected chi connectivity index (χ4v) is 3.90. The van der Waals surface area contributed by atoms with Gasteiger partial charge in [-0.2, -0.15) is 5.10 Å². The molecule has 3 rings (SSSR count). The molecule has 0 radical (unpaired) electrons. The minimum Gasteiger partial charge on any atom is -0.497 e. The SMILES string of the molecule is COc1ccc(CCS(=O)(=O)NCCCc2cnc3cc(C)nn3c2)cc1. The topological polar surface area (TPSA) is 85.6 Å². The minimum absolute atomic E-state index is 0.0689. The molecule has 27 heavy (non-hydrogen) atoms. The van der Waals surface area contributed by atoms with Crippen LogP contribution in [0.15, 0.2) is 42.7 Å². The third-order valence-corrected chi connectivity index (χ3v) is 5.66. The van der Waals surface area contributed by atoms with Gasteiger partial charge in [-0.15, -0.1) is 0 Å². The van der Waals surface area contributed by atoms with Gasteiger partial charge in [0.05, 0.1) is 18.6 Å². The monoisotopic (exact) mass is 388 g/mol. The first-order valence-corrected chi connectivity index (χ1v) is 10.5. The fraction of sp³-hybridized carbons (Fsp3) is 0.368. The molecule has 0 unspecified atom stereocenters. The molecule has 1 N–H and O–H groups in total. The fourth-order valence-electron chi connectivity index (χ4n) is 2.80. The summed E-state index contributed by atoms with van der Waals surface area (Å²) in [4.78, 5) is 4.36. The highest BCUT2D eigenvalue weighted by molar-refractivity contribution is 7.89. The van der Waals surface area contributed by atoms with Gasteiger partial charge in [-0.3, -0.25) is 0 Å². The van der Waals surface area contributed by atoms with E-state index in [1.54, 1.807) is 11.6 Å². The molecule has 0 aliphatic heterocycles. The molecule has 0 bridgehead atoms. The van der Waals surface area contributed by atoms with Crippen LogP contribution in [0.4, 0.5) is 0 Å². The Kier molecular flexibility index (Phi) is 6.08. The van der Waals surface area contributed by atoms with Crippen molar-refractivity contribution in [3.05, 3.63) is 59.5 Å². The van der Waals surface area contributed by atoms with Crippen LogP contribution in [-0.4, -0.2) is 42.4 Å². The van der Waals surface area contributed by atoms with E-state index in [0.717, 1.165) is 34.6 Å². The molecule has 2 aromatic heterocycles. The summed E-state index contributed by atoms with van der Waals surface area (Å²) in [6.07, 6.45) is 5.67. The largest absolute Gasteiger partial charge is 0.497 e. The first-order valence-electron chi connectivity index (χ1n) is 8.86. The van der Waals surface area contributed by atoms with Crippen molar-refractivity contribution in [1.82, 2.24) is 19.3 Å². The molecule has 144 valence electrons. The van der Waals surface area contributed by atoms with E-state index in [4.69, 9.17) is 4.74 Å². The van der Waals surface area contributed by atoms with E-state index in [9.17, 15) is 8.42 Å². The number of rotatable bonds is 9. The summed E-state index contributed by atoms with van der Waals surface area (Å²) >= 11 is 0. The van der Waals surface area contributed by atoms with Crippen molar-refractivity contribution in [2.45, 2.75) is 26.2 Å². The van der Waals surface area contributed by atoms with Gasteiger partial charge >= 0.3 is 0 Å². The number of fused-ring (bicyclic) bond motifs is 1. The molecule has 0 saturated carbocycles. The summed E-state index contributed by atoms with van der Waals surface area (Å²) in [5.74, 6) is 0.831. The third-order valence-electron chi connectivity index (χ3n) is 4.27. The normalized spacial score (nSPS) is 11.8. The van der Waals surface area contributed by atoms with Crippen molar-refractivity contribution in [1.29, 1.82) is 0 Å². The Labute approximate surface area is 159 Å². The number of sulfonamides is 1. The number of nitrogens with one attached hydrogen (secondary N) is 1. The second kappa shape index (κ2) is 8.49. The van der Waals surface area contributed by atoms with Crippen molar-refractivity contribution in [2.24, 2.45) is 0 Å². The van der Waals surface area contributed by atoms with E-state index in [1.165, 1.54) is 0 Å². The van der Waals surface area contributed by atoms with Gasteiger partial charge in [0.25, 0.3) is 0 Å². The summed E-state index contributed by atoms with van der Waals surface area (Å²) in [6.45, 7) is 2.33. The number of benzene rings is 1. The zero-order chi connectivity index (χ0) is 19.3. The van der Waals surface area contributed by atoms with E-state index in [-0.39, 0.29) is 5.75 Å². The first kappa shape index (κ1) is 19.3. The number of aryl methyl sites for hydroxylation is 3. The molecule has 0 atom stereocenters. The van der Waals surface area contributed by atoms with Gasteiger partial charge in [-0.1, -0.05) is 12.1 Å². The second-order valence-electron chi connectivity index (χ2n) is 6.47. The van der Waals surface area contributed by atoms with Gasteiger partial charge in [0.1, 0.15) is 5.75 Å². The Hall–Kier alpha value is -2.45. The molecule has 0 amide bonds. The summed E-state index contributed by atoms with van der Waals surface area (Å²) < 4.78 is 33.8. The maximum absolute atomic E-state index is 12.2. The Balaban J connectivity index is 1.43. The Bertz CT molecular complexity index is 997. The van der Waals surface area contributed by atoms with Crippen LogP contribution in [-0.2, 0) is 22.9 Å². The van der Waals surface area contributed by atoms with Gasteiger partial charge < -0.3 is 4.74 Å². The Morgan fingerprint density at radius 2 is 1.93 bits per heavy atom. The lowest BCUT2D eigenvalue weighted by Gasteiger charge is -2.07. The summed E-state index contributed by atoms with van der Waals surface area (Å²) in [6, 6.07) is 9.35. The molecule has 0 aliphatic rings. The van der Waals surface area contributed by atoms with Crippen LogP contribution in [0.2, 0.25) is 0 Å². The third kappa shape index (κ3) is 5.51. The predicted molar refractivity (Wildman–Crippen MR) is 105 cm³/mol. The van der Waals surface area contributed by atoms with Crippen molar-refractivity contribution in [2.75, 3.05) is 19.4 Å². The number of ether oxygens (including phenoxy) is 1. The van der Waals surface area contributed by atoms with Gasteiger partial charge in [-0.05, 0) is 49.4 Å². The van der Waals surface area contributed by atoms with E-state index >= 15 is 0 Å². The maximum atomic E-state index is 12.2. The minimum atomic E-state index is -3.30. The highest BCUT2D eigenvalue weighted by Gasteiger charge is 2.10. The van der Waals surface area contributed by atoms with E-state index < -0.39 is 10.0 Å². The van der Waals surface area contributed by atoms with Gasteiger partial charge in [0.2, 0.25) is 10.0 Å². The Morgan fingerprint density at radius 1 is 1.15 bits per heavy atom. The quantitative estimate of drug-likeness (QED) is 0.568. The van der Waals surface area contributed by atoms with Gasteiger partial charge in [0, 0.05) is 25.0 Å². The van der Waals surface area contributed by atoms with Crippen LogP contribution in [0.3, 0.4) is 0 Å². The zero-order valence-corrected chi connectivity index (χ0v) is 16.4. The number of methoxy groups -OCH3 is 1. The number of aromatic nitrogens is 3. The van der Waals surface area contributed by atoms with Crippen LogP contribution in [0, 0.1) is 6.92 Å². The number of hydrogen-bond donors (Lipinski definition) is 1. The second-order valence-corrected chi connectivity index (χ2v) is 8.39. The summed E-state index contributed by atoms with van der Waals surface area (Å²) in [7, 11) is -1.69. The lowest BCUT2D eigenvalue weighted by atomic mass is 10.2. The molecule has 3 aromatic rings. The molecule has 2 heterocycles. The van der Waals surface area contributed by atoms with Crippen LogP contribution in [0.5, 0.6) is 5.75 Å². The van der Waals surface area contributed by atoms with Crippen LogP contribution in [0.1, 0.15) is 23.2 Å². The molecule has 0 aliphatic carbocycles. The number of nitrogens with zero attached hydrogens (tertiary/aromatic N) is 3. The smallest absolute Gasteiger partial charge is 0.211 e. The average molecular weight is 388 g/mol. The molecule has 1 aromatic carbocycles. The molecule has 0 spiro atoms. The van der Waals surface area contributed by atoms with Crippen molar-refractivity contribution in [3.63, 3.8) is 0 Å². The van der Waals surface area contributed by atoms with Gasteiger partial charge in [-0.25, -0.2) is 22.6 Å². The standard InChI is InChI=1S/C19H24N4O3S/c1-15-12-19-20-13-17(14-23(19)22-15)4-3-10-21-27(24,25)11-9-16-5-7-18(26-2)8-6-16/h5-8,12-14,21H,3-4,9-11H2,1-2H3. The summed E-state index contributed by atoms with van der Waals surface area (Å²) in [5, 5.41) is 4.34. The summed E-state index contributed by atoms with van der Waals surface area (Å²) in [5.41, 5.74) is 3.73. The first-order chi connectivity index (χ1) is 12.9. The van der Waals surface area contributed by atoms with Crippen LogP contribution in [0.25, 0.3) is 5.65 Å². The average Bonchev–Trinajstić information content (AvgIpc) is 3.03. The highest BCUT2D eigenvalue weighted by atomic mass is 32.2. The molecular formula is C19H24N4O3S. The molecular weight excluding hydrogens is 364 g/mol. The van der Waals surface area contributed by atoms with Crippen molar-refractivity contribution < 1.29 is 13.2 Å². The van der Waals surface area contributed by atoms with Crippen molar-refractivity contribution >= 4 is 15.7 Å². The lowest BCUT2D eigenvalue weighted by Crippen LogP contribution is -2.28. The molecule has 8 heteroatoms. The van der Waals surface area contributed by atoms with Crippen molar-refractivity contribution in [3.8, 4) is 5.75 Å².